The molecule has 0 aliphatic heterocycles. The van der Waals surface area contributed by atoms with Gasteiger partial charge in [-0.3, -0.25) is 57.5 Å². The minimum absolute atomic E-state index is 0.0321. The highest BCUT2D eigenvalue weighted by atomic mass is 32.2. The molecule has 0 aliphatic rings. The largest absolute Gasteiger partial charge is 0.465 e. The highest BCUT2D eigenvalue weighted by Gasteiger charge is 2.37. The van der Waals surface area contributed by atoms with E-state index in [0.717, 1.165) is 0 Å². The van der Waals surface area contributed by atoms with E-state index in [-0.39, 0.29) is 113 Å². The Labute approximate surface area is 673 Å². The number of ether oxygens (including phenoxy) is 14. The molecule has 0 saturated heterocycles. The number of rotatable bonds is 66. The lowest BCUT2D eigenvalue weighted by atomic mass is 10.0. The van der Waals surface area contributed by atoms with Crippen molar-refractivity contribution in [2.45, 2.75) is 220 Å². The van der Waals surface area contributed by atoms with E-state index in [9.17, 15) is 87.5 Å². The second kappa shape index (κ2) is 60.9. The monoisotopic (exact) mass is 1680 g/mol. The van der Waals surface area contributed by atoms with Crippen molar-refractivity contribution < 1.29 is 158 Å². The summed E-state index contributed by atoms with van der Waals surface area (Å²) in [7, 11) is -4.73. The molecule has 0 spiro atoms. The Morgan fingerprint density at radius 1 is 0.327 bits per heavy atom. The average Bonchev–Trinajstić information content (AvgIpc) is 0.883. The van der Waals surface area contributed by atoms with Crippen LogP contribution < -0.4 is 0 Å². The van der Waals surface area contributed by atoms with Crippen molar-refractivity contribution >= 4 is 124 Å². The molecular formula is C76H122O33S2Si2. The SMILES string of the molecule is C=CCCC(=O)OC(CC(C)C(=O)OC(COC(=O)C(C)CC(OC(=O)CCC=C)C(=O)OCCO)CSCC(C)C(=O)OCCC[Si](C)(C)O[Si](C)(C)CCCOC(=O)C(C)CSCC(COC(=O)C(C)CC(OC(=O)CCC=C)C(=O)OCCO)OC(=O)C(C)CC(OC(=O)CCO)OC(=O)CCC=C)OC(=O)CCO. The Hall–Kier alpha value is -7.53. The first-order chi connectivity index (χ1) is 53.4. The molecule has 0 fully saturated rings. The van der Waals surface area contributed by atoms with Crippen molar-refractivity contribution in [2.75, 3.05) is 89.1 Å². The highest BCUT2D eigenvalue weighted by Crippen LogP contribution is 2.27. The second-order valence-electron chi connectivity index (χ2n) is 27.8. The third-order valence-electron chi connectivity index (χ3n) is 15.9. The first-order valence-corrected chi connectivity index (χ1v) is 46.3. The lowest BCUT2D eigenvalue weighted by Gasteiger charge is -2.34. The molecule has 0 saturated carbocycles. The van der Waals surface area contributed by atoms with Crippen LogP contribution in [-0.2, 0) is 138 Å². The first kappa shape index (κ1) is 105. The number of carbonyl (C=O) groups is 14. The molecule has 0 aliphatic carbocycles. The number of thioether (sulfide) groups is 2. The van der Waals surface area contributed by atoms with E-state index < -0.39 is 238 Å². The van der Waals surface area contributed by atoms with E-state index in [0.29, 0.717) is 24.9 Å². The summed E-state index contributed by atoms with van der Waals surface area (Å²) >= 11 is 2.35. The van der Waals surface area contributed by atoms with Gasteiger partial charge < -0.3 is 90.9 Å². The predicted molar refractivity (Wildman–Crippen MR) is 416 cm³/mol. The van der Waals surface area contributed by atoms with Gasteiger partial charge in [0.25, 0.3) is 0 Å². The fourth-order valence-corrected chi connectivity index (χ4v) is 20.7. The lowest BCUT2D eigenvalue weighted by molar-refractivity contribution is -0.194. The fourth-order valence-electron chi connectivity index (χ4n) is 9.82. The molecule has 0 bridgehead atoms. The van der Waals surface area contributed by atoms with E-state index in [4.69, 9.17) is 70.4 Å². The van der Waals surface area contributed by atoms with Crippen LogP contribution in [-0.4, -0.2) is 247 Å². The Morgan fingerprint density at radius 3 is 0.912 bits per heavy atom. The summed E-state index contributed by atoms with van der Waals surface area (Å²) in [5.41, 5.74) is 0. The molecule has 0 radical (unpaired) electrons. The van der Waals surface area contributed by atoms with E-state index in [1.807, 2.05) is 0 Å². The minimum atomic E-state index is -2.37. The molecule has 644 valence electrons. The van der Waals surface area contributed by atoms with E-state index in [1.165, 1.54) is 75.5 Å². The Kier molecular flexibility index (Phi) is 56.9. The molecule has 12 unspecified atom stereocenters. The Morgan fingerprint density at radius 2 is 0.611 bits per heavy atom. The van der Waals surface area contributed by atoms with Gasteiger partial charge in [0.1, 0.15) is 38.6 Å². The Balaban J connectivity index is 6.00. The van der Waals surface area contributed by atoms with Crippen molar-refractivity contribution in [1.29, 1.82) is 0 Å². The van der Waals surface area contributed by atoms with Crippen LogP contribution in [0.1, 0.15) is 144 Å². The molecule has 12 atom stereocenters. The summed E-state index contributed by atoms with van der Waals surface area (Å²) < 4.78 is 82.6. The lowest BCUT2D eigenvalue weighted by Crippen LogP contribution is -2.44. The van der Waals surface area contributed by atoms with E-state index in [1.54, 1.807) is 13.8 Å². The highest BCUT2D eigenvalue weighted by molar-refractivity contribution is 7.99. The normalized spacial score (nSPS) is 14.5. The smallest absolute Gasteiger partial charge is 0.347 e. The summed E-state index contributed by atoms with van der Waals surface area (Å²) in [6.45, 7) is 27.5. The molecular weight excluding hydrogens is 1560 g/mol. The fraction of sp³-hybridized carbons (Fsp3) is 0.711. The van der Waals surface area contributed by atoms with Crippen LogP contribution in [0.4, 0.5) is 0 Å². The quantitative estimate of drug-likeness (QED) is 0.0115. The number of carbonyl (C=O) groups excluding carboxylic acids is 14. The van der Waals surface area contributed by atoms with Gasteiger partial charge >= 0.3 is 83.6 Å². The van der Waals surface area contributed by atoms with Crippen LogP contribution >= 0.6 is 23.5 Å². The molecule has 113 heavy (non-hydrogen) atoms. The molecule has 0 heterocycles. The zero-order valence-electron chi connectivity index (χ0n) is 67.1. The van der Waals surface area contributed by atoms with Gasteiger partial charge in [-0.15, -0.1) is 26.3 Å². The van der Waals surface area contributed by atoms with Crippen LogP contribution in [0.3, 0.4) is 0 Å². The molecule has 33 nitrogen and oxygen atoms in total. The maximum Gasteiger partial charge on any atom is 0.347 e. The number of esters is 14. The van der Waals surface area contributed by atoms with Crippen molar-refractivity contribution in [3.8, 4) is 0 Å². The summed E-state index contributed by atoms with van der Waals surface area (Å²) in [4.78, 5) is 181. The second-order valence-corrected chi connectivity index (χ2v) is 38.8. The number of aliphatic hydroxyl groups is 4. The van der Waals surface area contributed by atoms with Crippen LogP contribution in [0.5, 0.6) is 0 Å². The average molecular weight is 1680 g/mol. The summed E-state index contributed by atoms with van der Waals surface area (Å²) in [6.07, 6.45) is -3.42. The van der Waals surface area contributed by atoms with Gasteiger partial charge in [0, 0.05) is 74.4 Å². The molecule has 0 aromatic rings. The molecule has 4 N–H and O–H groups in total. The van der Waals surface area contributed by atoms with Gasteiger partial charge in [0.2, 0.25) is 12.6 Å². The maximum atomic E-state index is 13.7. The van der Waals surface area contributed by atoms with Crippen LogP contribution in [0.15, 0.2) is 50.6 Å². The zero-order chi connectivity index (χ0) is 85.5. The van der Waals surface area contributed by atoms with Gasteiger partial charge in [0.15, 0.2) is 28.8 Å². The van der Waals surface area contributed by atoms with Crippen molar-refractivity contribution in [3.05, 3.63) is 50.6 Å². The van der Waals surface area contributed by atoms with Crippen molar-refractivity contribution in [1.82, 2.24) is 0 Å². The Bertz CT molecular complexity index is 2790. The zero-order valence-corrected chi connectivity index (χ0v) is 70.8. The van der Waals surface area contributed by atoms with Gasteiger partial charge in [-0.1, -0.05) is 65.8 Å². The number of hydrogen-bond acceptors (Lipinski definition) is 35. The molecule has 37 heteroatoms. The topological polar surface area (TPSA) is 458 Å². The molecule has 0 aromatic carbocycles. The maximum absolute atomic E-state index is 13.7. The van der Waals surface area contributed by atoms with Crippen LogP contribution in [0, 0.1) is 35.5 Å². The van der Waals surface area contributed by atoms with Gasteiger partial charge in [-0.05, 0) is 76.8 Å². The van der Waals surface area contributed by atoms with Crippen molar-refractivity contribution in [2.24, 2.45) is 35.5 Å². The predicted octanol–water partition coefficient (Wildman–Crippen LogP) is 7.38. The van der Waals surface area contributed by atoms with Crippen molar-refractivity contribution in [3.63, 3.8) is 0 Å². The number of allylic oxidation sites excluding steroid dienone is 4. The summed E-state index contributed by atoms with van der Waals surface area (Å²) in [6, 6.07) is 1.26. The van der Waals surface area contributed by atoms with E-state index >= 15 is 0 Å². The third kappa shape index (κ3) is 51.1. The molecule has 0 amide bonds. The van der Waals surface area contributed by atoms with Gasteiger partial charge in [-0.2, -0.15) is 23.5 Å². The summed E-state index contributed by atoms with van der Waals surface area (Å²) in [5.74, 6) is -16.9. The standard InChI is InChI=1S/C76H122O33S2Si2/c1-15-19-25-61(81)103-59(75(93)97-37-33-79)41-51(5)69(87)99-45-57(101-73(91)53(7)43-67(107-65(85)29-31-77)105-63(83)27-21-17-3)49-110-47-55(9)71(89)95-35-23-39-112(11,12)109-113(13,14)40-24-36-96-72(90)56(10)48-111-50-58(102-74(92)54(8)44-68(108-66(86)30-32-78)106-64(84)28-22-18-4)46-100-70(88)52(6)42-60(76(94)98-38-34-80)104-62(82)26-20-16-2/h15-18,51-60,67-68,77-80H,1-4,19-50H2,5-14H3. The molecule has 0 aromatic heterocycles. The first-order valence-electron chi connectivity index (χ1n) is 37.7. The summed E-state index contributed by atoms with van der Waals surface area (Å²) in [5, 5.41) is 36.9. The van der Waals surface area contributed by atoms with Gasteiger partial charge in [0.05, 0.1) is 88.0 Å². The van der Waals surface area contributed by atoms with E-state index in [2.05, 4.69) is 52.5 Å². The molecule has 0 rings (SSSR count). The van der Waals surface area contributed by atoms with Crippen LogP contribution in [0.2, 0.25) is 38.3 Å². The number of aliphatic hydroxyl groups excluding tert-OH is 4. The number of hydrogen-bond donors (Lipinski definition) is 4. The third-order valence-corrected chi connectivity index (χ3v) is 26.1. The van der Waals surface area contributed by atoms with Crippen LogP contribution in [0.25, 0.3) is 0 Å². The van der Waals surface area contributed by atoms with Gasteiger partial charge in [-0.25, -0.2) is 9.59 Å². The minimum Gasteiger partial charge on any atom is -0.465 e.